The standard InChI is InChI=1S/C25H14ClF5/c1-2-3-16-11-21(27)19(22(28)12-16)8-5-17-13-23(29)18(24(30)14-17)7-4-15-6-9-20(26)25(31)10-15/h6,9-14H,2-3H2,1H3. The van der Waals surface area contributed by atoms with Crippen LogP contribution >= 0.6 is 11.6 Å². The van der Waals surface area contributed by atoms with E-state index in [1.165, 1.54) is 24.3 Å². The fourth-order valence-corrected chi connectivity index (χ4v) is 2.90. The number of aryl methyl sites for hydroxylation is 1. The maximum Gasteiger partial charge on any atom is 0.143 e. The third-order valence-corrected chi connectivity index (χ3v) is 4.57. The van der Waals surface area contributed by atoms with Crippen molar-refractivity contribution in [3.8, 4) is 23.7 Å². The molecular formula is C25H14ClF5. The SMILES string of the molecule is CCCc1cc(F)c(C#Cc2cc(F)c(C#Cc3ccc(Cl)c(F)c3)c(F)c2)c(F)c1. The summed E-state index contributed by atoms with van der Waals surface area (Å²) in [5.41, 5.74) is -0.448. The summed E-state index contributed by atoms with van der Waals surface area (Å²) in [6.07, 6.45) is 1.24. The summed E-state index contributed by atoms with van der Waals surface area (Å²) in [7, 11) is 0. The van der Waals surface area contributed by atoms with E-state index in [-0.39, 0.29) is 16.1 Å². The van der Waals surface area contributed by atoms with Gasteiger partial charge in [-0.3, -0.25) is 0 Å². The van der Waals surface area contributed by atoms with Crippen molar-refractivity contribution in [2.45, 2.75) is 19.8 Å². The Labute approximate surface area is 181 Å². The van der Waals surface area contributed by atoms with Crippen molar-refractivity contribution in [1.29, 1.82) is 0 Å². The number of halogens is 6. The van der Waals surface area contributed by atoms with Crippen molar-refractivity contribution >= 4 is 11.6 Å². The molecule has 0 amide bonds. The molecule has 156 valence electrons. The van der Waals surface area contributed by atoms with Gasteiger partial charge in [0.15, 0.2) is 0 Å². The van der Waals surface area contributed by atoms with Crippen LogP contribution in [0.5, 0.6) is 0 Å². The van der Waals surface area contributed by atoms with Crippen molar-refractivity contribution in [3.05, 3.63) is 104 Å². The molecule has 0 atom stereocenters. The Morgan fingerprint density at radius 1 is 0.645 bits per heavy atom. The lowest BCUT2D eigenvalue weighted by Crippen LogP contribution is -1.95. The third-order valence-electron chi connectivity index (χ3n) is 4.27. The van der Waals surface area contributed by atoms with Crippen LogP contribution in [0.1, 0.15) is 41.2 Å². The van der Waals surface area contributed by atoms with Gasteiger partial charge >= 0.3 is 0 Å². The van der Waals surface area contributed by atoms with Crippen LogP contribution in [0.4, 0.5) is 22.0 Å². The lowest BCUT2D eigenvalue weighted by Gasteiger charge is -2.03. The molecule has 3 rings (SSSR count). The van der Waals surface area contributed by atoms with Gasteiger partial charge in [0.1, 0.15) is 29.1 Å². The third kappa shape index (κ3) is 5.45. The summed E-state index contributed by atoms with van der Waals surface area (Å²) in [5.74, 6) is 5.01. The maximum atomic E-state index is 14.3. The van der Waals surface area contributed by atoms with Gasteiger partial charge in [0.25, 0.3) is 0 Å². The summed E-state index contributed by atoms with van der Waals surface area (Å²) in [6.45, 7) is 1.88. The van der Waals surface area contributed by atoms with Crippen molar-refractivity contribution < 1.29 is 22.0 Å². The highest BCUT2D eigenvalue weighted by Gasteiger charge is 2.11. The molecule has 3 aromatic carbocycles. The Balaban J connectivity index is 1.91. The molecule has 0 aliphatic rings. The van der Waals surface area contributed by atoms with Gasteiger partial charge in [-0.15, -0.1) is 0 Å². The molecule has 6 heteroatoms. The van der Waals surface area contributed by atoms with Gasteiger partial charge in [-0.1, -0.05) is 48.6 Å². The minimum absolute atomic E-state index is 0.0984. The van der Waals surface area contributed by atoms with E-state index in [2.05, 4.69) is 23.7 Å². The Morgan fingerprint density at radius 3 is 1.65 bits per heavy atom. The van der Waals surface area contributed by atoms with Crippen molar-refractivity contribution in [2.75, 3.05) is 0 Å². The van der Waals surface area contributed by atoms with Crippen molar-refractivity contribution in [3.63, 3.8) is 0 Å². The van der Waals surface area contributed by atoms with Gasteiger partial charge in [-0.2, -0.15) is 0 Å². The van der Waals surface area contributed by atoms with Crippen LogP contribution in [0, 0.1) is 52.8 Å². The van der Waals surface area contributed by atoms with Gasteiger partial charge in [0.05, 0.1) is 16.1 Å². The Hall–Kier alpha value is -3.28. The molecule has 0 heterocycles. The molecule has 0 spiro atoms. The molecule has 0 saturated carbocycles. The predicted octanol–water partition coefficient (Wildman–Crippen LogP) is 6.79. The second-order valence-electron chi connectivity index (χ2n) is 6.63. The van der Waals surface area contributed by atoms with Crippen LogP contribution in [0.2, 0.25) is 5.02 Å². The average Bonchev–Trinajstić information content (AvgIpc) is 2.69. The first-order chi connectivity index (χ1) is 14.8. The Kier molecular flexibility index (Phi) is 7.00. The Morgan fingerprint density at radius 2 is 1.13 bits per heavy atom. The minimum atomic E-state index is -1.01. The molecule has 0 aromatic heterocycles. The largest absolute Gasteiger partial charge is 0.206 e. The van der Waals surface area contributed by atoms with Gasteiger partial charge in [0.2, 0.25) is 0 Å². The highest BCUT2D eigenvalue weighted by Crippen LogP contribution is 2.18. The lowest BCUT2D eigenvalue weighted by molar-refractivity contribution is 0.573. The molecule has 0 unspecified atom stereocenters. The summed E-state index contributed by atoms with van der Waals surface area (Å²) >= 11 is 5.58. The zero-order chi connectivity index (χ0) is 22.5. The van der Waals surface area contributed by atoms with E-state index in [1.54, 1.807) is 0 Å². The van der Waals surface area contributed by atoms with Crippen LogP contribution in [0.25, 0.3) is 0 Å². The normalized spacial score (nSPS) is 10.2. The monoisotopic (exact) mass is 444 g/mol. The molecule has 3 aromatic rings. The fraction of sp³-hybridized carbons (Fsp3) is 0.120. The first-order valence-corrected chi connectivity index (χ1v) is 9.62. The van der Waals surface area contributed by atoms with Crippen LogP contribution < -0.4 is 0 Å². The Bertz CT molecular complexity index is 1230. The van der Waals surface area contributed by atoms with Gasteiger partial charge in [0, 0.05) is 11.1 Å². The molecule has 0 aliphatic heterocycles. The van der Waals surface area contributed by atoms with Gasteiger partial charge < -0.3 is 0 Å². The van der Waals surface area contributed by atoms with Crippen molar-refractivity contribution in [2.24, 2.45) is 0 Å². The lowest BCUT2D eigenvalue weighted by atomic mass is 10.1. The molecular weight excluding hydrogens is 431 g/mol. The fourth-order valence-electron chi connectivity index (χ4n) is 2.79. The van der Waals surface area contributed by atoms with Gasteiger partial charge in [-0.05, 0) is 54.4 Å². The molecule has 0 nitrogen and oxygen atoms in total. The van der Waals surface area contributed by atoms with E-state index in [4.69, 9.17) is 11.6 Å². The van der Waals surface area contributed by atoms with Crippen molar-refractivity contribution in [1.82, 2.24) is 0 Å². The van der Waals surface area contributed by atoms with Crippen LogP contribution in [0.15, 0.2) is 42.5 Å². The number of rotatable bonds is 2. The molecule has 31 heavy (non-hydrogen) atoms. The predicted molar refractivity (Wildman–Crippen MR) is 110 cm³/mol. The molecule has 0 bridgehead atoms. The highest BCUT2D eigenvalue weighted by atomic mass is 35.5. The smallest absolute Gasteiger partial charge is 0.143 e. The molecule has 0 N–H and O–H groups in total. The number of hydrogen-bond acceptors (Lipinski definition) is 0. The molecule has 0 aliphatic carbocycles. The number of hydrogen-bond donors (Lipinski definition) is 0. The zero-order valence-electron chi connectivity index (χ0n) is 16.2. The highest BCUT2D eigenvalue weighted by molar-refractivity contribution is 6.30. The van der Waals surface area contributed by atoms with Gasteiger partial charge in [-0.25, -0.2) is 22.0 Å². The van der Waals surface area contributed by atoms with Crippen LogP contribution in [-0.2, 0) is 6.42 Å². The molecule has 0 saturated heterocycles. The van der Waals surface area contributed by atoms with E-state index in [0.29, 0.717) is 12.0 Å². The maximum absolute atomic E-state index is 14.3. The summed E-state index contributed by atoms with van der Waals surface area (Å²) in [4.78, 5) is 0. The van der Waals surface area contributed by atoms with E-state index in [1.807, 2.05) is 6.92 Å². The quantitative estimate of drug-likeness (QED) is 0.301. The zero-order valence-corrected chi connectivity index (χ0v) is 17.0. The van der Waals surface area contributed by atoms with Crippen LogP contribution in [-0.4, -0.2) is 0 Å². The van der Waals surface area contributed by atoms with Crippen LogP contribution in [0.3, 0.4) is 0 Å². The van der Waals surface area contributed by atoms with E-state index in [0.717, 1.165) is 24.6 Å². The molecule has 0 radical (unpaired) electrons. The second kappa shape index (κ2) is 9.69. The topological polar surface area (TPSA) is 0 Å². The minimum Gasteiger partial charge on any atom is -0.206 e. The molecule has 0 fully saturated rings. The first-order valence-electron chi connectivity index (χ1n) is 9.24. The summed E-state index contributed by atoms with van der Waals surface area (Å²) in [6, 6.07) is 7.92. The van der Waals surface area contributed by atoms with E-state index in [9.17, 15) is 22.0 Å². The number of benzene rings is 3. The first kappa shape index (κ1) is 22.4. The average molecular weight is 445 g/mol. The van der Waals surface area contributed by atoms with E-state index >= 15 is 0 Å². The van der Waals surface area contributed by atoms with E-state index < -0.39 is 40.2 Å². The summed E-state index contributed by atoms with van der Waals surface area (Å²) in [5, 5.41) is -0.0984. The second-order valence-corrected chi connectivity index (χ2v) is 7.04. The summed E-state index contributed by atoms with van der Waals surface area (Å²) < 4.78 is 70.4.